The molecule has 0 radical (unpaired) electrons. The highest BCUT2D eigenvalue weighted by molar-refractivity contribution is 5.98. The largest absolute Gasteiger partial charge is 0.478 e. The van der Waals surface area contributed by atoms with Crippen molar-refractivity contribution in [2.45, 2.75) is 27.2 Å². The average Bonchev–Trinajstić information content (AvgIpc) is 2.22. The summed E-state index contributed by atoms with van der Waals surface area (Å²) in [6.45, 7) is 4.37. The lowest BCUT2D eigenvalue weighted by atomic mass is 10.1. The Morgan fingerprint density at radius 1 is 1.12 bits per heavy atom. The first-order chi connectivity index (χ1) is 7.77. The van der Waals surface area contributed by atoms with Gasteiger partial charge < -0.3 is 14.9 Å². The van der Waals surface area contributed by atoms with Gasteiger partial charge in [-0.2, -0.15) is 0 Å². The fraction of sp³-hybridized carbons (Fsp3) is 0.545. The lowest BCUT2D eigenvalue weighted by molar-refractivity contribution is -0.147. The molecule has 0 aromatic heterocycles. The van der Waals surface area contributed by atoms with Crippen molar-refractivity contribution in [1.29, 1.82) is 0 Å². The van der Waals surface area contributed by atoms with Crippen molar-refractivity contribution in [2.75, 3.05) is 6.61 Å². The molecule has 0 unspecified atom stereocenters. The van der Waals surface area contributed by atoms with E-state index in [9.17, 15) is 14.4 Å². The topological polar surface area (TPSA) is 101 Å². The van der Waals surface area contributed by atoms with Crippen molar-refractivity contribution in [3.8, 4) is 0 Å². The van der Waals surface area contributed by atoms with Crippen molar-refractivity contribution >= 4 is 17.9 Å². The molecule has 0 saturated heterocycles. The van der Waals surface area contributed by atoms with Gasteiger partial charge in [-0.15, -0.1) is 0 Å². The number of hydrogen-bond acceptors (Lipinski definition) is 4. The number of hydrogen-bond donors (Lipinski definition) is 2. The van der Waals surface area contributed by atoms with E-state index in [0.717, 1.165) is 0 Å². The van der Waals surface area contributed by atoms with E-state index < -0.39 is 17.9 Å². The quantitative estimate of drug-likeness (QED) is 0.535. The molecule has 0 aromatic carbocycles. The lowest BCUT2D eigenvalue weighted by Crippen LogP contribution is -2.16. The molecule has 2 N–H and O–H groups in total. The first-order valence-electron chi connectivity index (χ1n) is 5.10. The van der Waals surface area contributed by atoms with Crippen molar-refractivity contribution < 1.29 is 29.3 Å². The summed E-state index contributed by atoms with van der Waals surface area (Å²) in [6.07, 6.45) is -0.119. The molecular formula is C11H16O6. The minimum atomic E-state index is -1.31. The maximum Gasteiger partial charge on any atom is 0.332 e. The maximum atomic E-state index is 11.1. The molecule has 0 rings (SSSR count). The van der Waals surface area contributed by atoms with Gasteiger partial charge in [-0.3, -0.25) is 4.79 Å². The number of carboxylic acids is 2. The van der Waals surface area contributed by atoms with Crippen LogP contribution in [-0.2, 0) is 19.1 Å². The van der Waals surface area contributed by atoms with Gasteiger partial charge in [0.05, 0.1) is 18.1 Å². The van der Waals surface area contributed by atoms with Crippen LogP contribution in [0.2, 0.25) is 0 Å². The standard InChI is InChI=1S/C11H16O6/c1-6(2)11(16)17-5-4-8(10(14)15)7(3)9(12)13/h6H,4-5H2,1-3H3,(H,12,13)(H,14,15)/b8-7+. The van der Waals surface area contributed by atoms with Crippen LogP contribution in [0, 0.1) is 5.92 Å². The molecule has 0 amide bonds. The summed E-state index contributed by atoms with van der Waals surface area (Å²) in [7, 11) is 0. The summed E-state index contributed by atoms with van der Waals surface area (Å²) in [5.74, 6) is -3.35. The summed E-state index contributed by atoms with van der Waals surface area (Å²) in [4.78, 5) is 32.5. The van der Waals surface area contributed by atoms with E-state index in [1.54, 1.807) is 13.8 Å². The van der Waals surface area contributed by atoms with E-state index in [1.807, 2.05) is 0 Å². The molecule has 96 valence electrons. The zero-order valence-corrected chi connectivity index (χ0v) is 10.0. The summed E-state index contributed by atoms with van der Waals surface area (Å²) in [6, 6.07) is 0. The number of carboxylic acid groups (broad SMARTS) is 2. The highest BCUT2D eigenvalue weighted by Gasteiger charge is 2.17. The zero-order chi connectivity index (χ0) is 13.6. The third-order valence-corrected chi connectivity index (χ3v) is 2.10. The van der Waals surface area contributed by atoms with Gasteiger partial charge in [-0.25, -0.2) is 9.59 Å². The number of carbonyl (C=O) groups excluding carboxylic acids is 1. The molecule has 0 aliphatic rings. The van der Waals surface area contributed by atoms with Crippen LogP contribution in [0.1, 0.15) is 27.2 Å². The molecule has 0 aliphatic heterocycles. The van der Waals surface area contributed by atoms with Gasteiger partial charge in [0.2, 0.25) is 0 Å². The maximum absolute atomic E-state index is 11.1. The zero-order valence-electron chi connectivity index (χ0n) is 10.0. The van der Waals surface area contributed by atoms with Crippen LogP contribution in [0.25, 0.3) is 0 Å². The van der Waals surface area contributed by atoms with Gasteiger partial charge in [0, 0.05) is 12.0 Å². The van der Waals surface area contributed by atoms with E-state index in [0.29, 0.717) is 0 Å². The minimum Gasteiger partial charge on any atom is -0.478 e. The van der Waals surface area contributed by atoms with Crippen molar-refractivity contribution in [2.24, 2.45) is 5.92 Å². The Morgan fingerprint density at radius 3 is 2.00 bits per heavy atom. The normalized spacial score (nSPS) is 12.0. The molecule has 0 aliphatic carbocycles. The van der Waals surface area contributed by atoms with E-state index in [1.165, 1.54) is 6.92 Å². The summed E-state index contributed by atoms with van der Waals surface area (Å²) >= 11 is 0. The van der Waals surface area contributed by atoms with Crippen molar-refractivity contribution in [3.05, 3.63) is 11.1 Å². The van der Waals surface area contributed by atoms with Gasteiger partial charge in [-0.05, 0) is 6.92 Å². The van der Waals surface area contributed by atoms with Crippen LogP contribution in [0.3, 0.4) is 0 Å². The Balaban J connectivity index is 4.52. The summed E-state index contributed by atoms with van der Waals surface area (Å²) < 4.78 is 4.78. The first-order valence-corrected chi connectivity index (χ1v) is 5.10. The SMILES string of the molecule is C/C(C(=O)O)=C(/CCOC(=O)C(C)C)C(=O)O. The number of esters is 1. The van der Waals surface area contributed by atoms with E-state index in [-0.39, 0.29) is 30.1 Å². The fourth-order valence-corrected chi connectivity index (χ4v) is 1.00. The molecule has 6 nitrogen and oxygen atoms in total. The smallest absolute Gasteiger partial charge is 0.332 e. The molecule has 0 aromatic rings. The number of ether oxygens (including phenoxy) is 1. The molecule has 0 heterocycles. The Morgan fingerprint density at radius 2 is 1.65 bits per heavy atom. The molecule has 0 spiro atoms. The number of aliphatic carboxylic acids is 2. The Hall–Kier alpha value is -1.85. The Kier molecular flexibility index (Phi) is 5.95. The fourth-order valence-electron chi connectivity index (χ4n) is 1.00. The van der Waals surface area contributed by atoms with E-state index >= 15 is 0 Å². The predicted molar refractivity (Wildman–Crippen MR) is 58.4 cm³/mol. The second kappa shape index (κ2) is 6.67. The number of carbonyl (C=O) groups is 3. The molecule has 0 atom stereocenters. The lowest BCUT2D eigenvalue weighted by Gasteiger charge is -2.08. The van der Waals surface area contributed by atoms with E-state index in [2.05, 4.69) is 0 Å². The van der Waals surface area contributed by atoms with Gasteiger partial charge in [0.1, 0.15) is 0 Å². The van der Waals surface area contributed by atoms with Crippen LogP contribution in [0.5, 0.6) is 0 Å². The predicted octanol–water partition coefficient (Wildman–Crippen LogP) is 1.06. The van der Waals surface area contributed by atoms with Gasteiger partial charge >= 0.3 is 17.9 Å². The highest BCUT2D eigenvalue weighted by atomic mass is 16.5. The molecule has 17 heavy (non-hydrogen) atoms. The van der Waals surface area contributed by atoms with Gasteiger partial charge in [0.25, 0.3) is 0 Å². The van der Waals surface area contributed by atoms with Gasteiger partial charge in [-0.1, -0.05) is 13.8 Å². The summed E-state index contributed by atoms with van der Waals surface area (Å²) in [5.41, 5.74) is -0.507. The average molecular weight is 244 g/mol. The number of rotatable bonds is 6. The van der Waals surface area contributed by atoms with Crippen molar-refractivity contribution in [3.63, 3.8) is 0 Å². The van der Waals surface area contributed by atoms with Crippen LogP contribution in [-0.4, -0.2) is 34.7 Å². The monoisotopic (exact) mass is 244 g/mol. The van der Waals surface area contributed by atoms with E-state index in [4.69, 9.17) is 14.9 Å². The summed E-state index contributed by atoms with van der Waals surface area (Å²) in [5, 5.41) is 17.5. The Bertz CT molecular complexity index is 353. The molecular weight excluding hydrogens is 228 g/mol. The highest BCUT2D eigenvalue weighted by Crippen LogP contribution is 2.10. The third kappa shape index (κ3) is 5.14. The van der Waals surface area contributed by atoms with Gasteiger partial charge in [0.15, 0.2) is 0 Å². The minimum absolute atomic E-state index is 0.119. The Labute approximate surface area is 98.9 Å². The van der Waals surface area contributed by atoms with Crippen LogP contribution >= 0.6 is 0 Å². The van der Waals surface area contributed by atoms with Crippen LogP contribution in [0.15, 0.2) is 11.1 Å². The van der Waals surface area contributed by atoms with Crippen molar-refractivity contribution in [1.82, 2.24) is 0 Å². The first kappa shape index (κ1) is 15.2. The second-order valence-corrected chi connectivity index (χ2v) is 3.79. The van der Waals surface area contributed by atoms with Crippen LogP contribution < -0.4 is 0 Å². The van der Waals surface area contributed by atoms with Crippen LogP contribution in [0.4, 0.5) is 0 Å². The molecule has 0 fully saturated rings. The molecule has 0 saturated carbocycles. The molecule has 6 heteroatoms. The molecule has 0 bridgehead atoms. The third-order valence-electron chi connectivity index (χ3n) is 2.10. The second-order valence-electron chi connectivity index (χ2n) is 3.79.